The second kappa shape index (κ2) is 8.75. The Kier molecular flexibility index (Phi) is 6.16. The summed E-state index contributed by atoms with van der Waals surface area (Å²) in [5.41, 5.74) is 0. The highest BCUT2D eigenvalue weighted by molar-refractivity contribution is 7.11. The van der Waals surface area contributed by atoms with Gasteiger partial charge in [-0.25, -0.2) is 15.0 Å². The molecule has 2 aromatic heterocycles. The van der Waals surface area contributed by atoms with Crippen LogP contribution in [0.3, 0.4) is 0 Å². The number of aliphatic imine (C=N–C) groups is 1. The molecule has 0 spiro atoms. The van der Waals surface area contributed by atoms with E-state index in [1.165, 1.54) is 9.88 Å². The third kappa shape index (κ3) is 4.66. The lowest BCUT2D eigenvalue weighted by Gasteiger charge is -2.36. The third-order valence-corrected chi connectivity index (χ3v) is 5.40. The van der Waals surface area contributed by atoms with Crippen molar-refractivity contribution in [2.24, 2.45) is 4.99 Å². The van der Waals surface area contributed by atoms with Crippen LogP contribution in [-0.2, 0) is 12.8 Å². The van der Waals surface area contributed by atoms with Crippen LogP contribution in [-0.4, -0.2) is 65.6 Å². The van der Waals surface area contributed by atoms with Gasteiger partial charge in [-0.2, -0.15) is 0 Å². The fourth-order valence-electron chi connectivity index (χ4n) is 2.81. The zero-order valence-corrected chi connectivity index (χ0v) is 15.7. The van der Waals surface area contributed by atoms with E-state index in [0.717, 1.165) is 57.5 Å². The summed E-state index contributed by atoms with van der Waals surface area (Å²) in [6.45, 7) is 6.64. The van der Waals surface area contributed by atoms with E-state index in [-0.39, 0.29) is 0 Å². The second-order valence-electron chi connectivity index (χ2n) is 5.82. The van der Waals surface area contributed by atoms with Crippen LogP contribution in [0.5, 0.6) is 0 Å². The van der Waals surface area contributed by atoms with Gasteiger partial charge in [0.15, 0.2) is 5.96 Å². The maximum absolute atomic E-state index is 4.47. The Labute approximate surface area is 152 Å². The molecule has 1 N–H and O–H groups in total. The Balaban J connectivity index is 1.46. The van der Waals surface area contributed by atoms with Crippen molar-refractivity contribution in [2.75, 3.05) is 44.7 Å². The average Bonchev–Trinajstić information content (AvgIpc) is 3.14. The summed E-state index contributed by atoms with van der Waals surface area (Å²) in [6.07, 6.45) is 7.55. The van der Waals surface area contributed by atoms with Crippen LogP contribution in [0.15, 0.2) is 29.6 Å². The van der Waals surface area contributed by atoms with E-state index >= 15 is 0 Å². The molecule has 0 amide bonds. The van der Waals surface area contributed by atoms with Gasteiger partial charge in [0.1, 0.15) is 0 Å². The fourth-order valence-corrected chi connectivity index (χ4v) is 3.68. The maximum Gasteiger partial charge on any atom is 0.225 e. The number of aromatic nitrogens is 3. The SMILES string of the molecule is CCc1cnc(CCNC(=NC)N2CCN(c3ncccn3)CC2)s1. The van der Waals surface area contributed by atoms with Crippen LogP contribution in [0.4, 0.5) is 5.95 Å². The van der Waals surface area contributed by atoms with Crippen molar-refractivity contribution < 1.29 is 0 Å². The fraction of sp³-hybridized carbons (Fsp3) is 0.529. The predicted octanol–water partition coefficient (Wildman–Crippen LogP) is 1.44. The number of anilines is 1. The molecule has 0 radical (unpaired) electrons. The quantitative estimate of drug-likeness (QED) is 0.643. The molecule has 0 aliphatic carbocycles. The first-order valence-corrected chi connectivity index (χ1v) is 9.53. The zero-order chi connectivity index (χ0) is 17.5. The van der Waals surface area contributed by atoms with Crippen LogP contribution in [0.25, 0.3) is 0 Å². The molecule has 0 atom stereocenters. The topological polar surface area (TPSA) is 69.5 Å². The molecule has 1 fully saturated rings. The molecule has 25 heavy (non-hydrogen) atoms. The lowest BCUT2D eigenvalue weighted by molar-refractivity contribution is 0.370. The van der Waals surface area contributed by atoms with Gasteiger partial charge in [0.05, 0.1) is 5.01 Å². The van der Waals surface area contributed by atoms with Gasteiger partial charge in [0.25, 0.3) is 0 Å². The van der Waals surface area contributed by atoms with E-state index in [1.807, 2.05) is 19.3 Å². The van der Waals surface area contributed by atoms with Crippen LogP contribution in [0.1, 0.15) is 16.8 Å². The standard InChI is InChI=1S/C17H25N7S/c1-3-14-13-22-15(25-14)5-8-21-16(18-2)23-9-11-24(12-10-23)17-19-6-4-7-20-17/h4,6-7,13H,3,5,8-12H2,1-2H3,(H,18,21). The van der Waals surface area contributed by atoms with Gasteiger partial charge >= 0.3 is 0 Å². The van der Waals surface area contributed by atoms with Crippen LogP contribution in [0, 0.1) is 0 Å². The van der Waals surface area contributed by atoms with Crippen LogP contribution >= 0.6 is 11.3 Å². The van der Waals surface area contributed by atoms with E-state index in [2.05, 4.69) is 42.0 Å². The highest BCUT2D eigenvalue weighted by atomic mass is 32.1. The van der Waals surface area contributed by atoms with Crippen molar-refractivity contribution in [2.45, 2.75) is 19.8 Å². The van der Waals surface area contributed by atoms with Crippen molar-refractivity contribution in [1.29, 1.82) is 0 Å². The molecule has 1 aliphatic rings. The molecule has 7 nitrogen and oxygen atoms in total. The molecule has 3 heterocycles. The van der Waals surface area contributed by atoms with Crippen LogP contribution in [0.2, 0.25) is 0 Å². The van der Waals surface area contributed by atoms with Crippen molar-refractivity contribution in [3.63, 3.8) is 0 Å². The Morgan fingerprint density at radius 2 is 1.96 bits per heavy atom. The number of thiazole rings is 1. The second-order valence-corrected chi connectivity index (χ2v) is 7.02. The van der Waals surface area contributed by atoms with E-state index < -0.39 is 0 Å². The molecule has 3 rings (SSSR count). The number of hydrogen-bond acceptors (Lipinski definition) is 6. The van der Waals surface area contributed by atoms with Crippen molar-refractivity contribution >= 4 is 23.2 Å². The molecule has 0 aromatic carbocycles. The summed E-state index contributed by atoms with van der Waals surface area (Å²) in [6, 6.07) is 1.84. The van der Waals surface area contributed by atoms with Gasteiger partial charge in [-0.15, -0.1) is 11.3 Å². The Bertz CT molecular complexity index is 677. The van der Waals surface area contributed by atoms with E-state index in [1.54, 1.807) is 23.7 Å². The molecule has 1 saturated heterocycles. The van der Waals surface area contributed by atoms with Crippen molar-refractivity contribution in [3.8, 4) is 0 Å². The number of aryl methyl sites for hydroxylation is 1. The van der Waals surface area contributed by atoms with Gasteiger partial charge in [0.2, 0.25) is 5.95 Å². The summed E-state index contributed by atoms with van der Waals surface area (Å²) in [7, 11) is 1.84. The van der Waals surface area contributed by atoms with Crippen molar-refractivity contribution in [3.05, 3.63) is 34.5 Å². The molecule has 0 unspecified atom stereocenters. The first-order chi connectivity index (χ1) is 12.3. The maximum atomic E-state index is 4.47. The van der Waals surface area contributed by atoms with Crippen LogP contribution < -0.4 is 10.2 Å². The van der Waals surface area contributed by atoms with Gasteiger partial charge in [-0.3, -0.25) is 4.99 Å². The third-order valence-electron chi connectivity index (χ3n) is 4.20. The van der Waals surface area contributed by atoms with E-state index in [9.17, 15) is 0 Å². The smallest absolute Gasteiger partial charge is 0.225 e. The van der Waals surface area contributed by atoms with E-state index in [4.69, 9.17) is 0 Å². The van der Waals surface area contributed by atoms with Gasteiger partial charge < -0.3 is 15.1 Å². The molecule has 0 bridgehead atoms. The first kappa shape index (κ1) is 17.6. The van der Waals surface area contributed by atoms with Gasteiger partial charge in [-0.05, 0) is 12.5 Å². The molecule has 8 heteroatoms. The molecule has 2 aromatic rings. The minimum Gasteiger partial charge on any atom is -0.356 e. The first-order valence-electron chi connectivity index (χ1n) is 8.71. The lowest BCUT2D eigenvalue weighted by atomic mass is 10.3. The number of piperazine rings is 1. The summed E-state index contributed by atoms with van der Waals surface area (Å²) in [4.78, 5) is 23.4. The number of rotatable bonds is 5. The molecule has 134 valence electrons. The number of nitrogens with one attached hydrogen (secondary N) is 1. The Morgan fingerprint density at radius 3 is 2.60 bits per heavy atom. The summed E-state index contributed by atoms with van der Waals surface area (Å²) in [5, 5.41) is 4.65. The van der Waals surface area contributed by atoms with E-state index in [0.29, 0.717) is 0 Å². The average molecular weight is 360 g/mol. The Hall–Kier alpha value is -2.22. The number of hydrogen-bond donors (Lipinski definition) is 1. The lowest BCUT2D eigenvalue weighted by Crippen LogP contribution is -2.53. The van der Waals surface area contributed by atoms with Gasteiger partial charge in [-0.1, -0.05) is 6.92 Å². The molecular formula is C17H25N7S. The largest absolute Gasteiger partial charge is 0.356 e. The van der Waals surface area contributed by atoms with Gasteiger partial charge in [0, 0.05) is 69.7 Å². The minimum absolute atomic E-state index is 0.806. The number of nitrogens with zero attached hydrogens (tertiary/aromatic N) is 6. The zero-order valence-electron chi connectivity index (χ0n) is 14.9. The minimum atomic E-state index is 0.806. The normalized spacial score (nSPS) is 15.5. The predicted molar refractivity (Wildman–Crippen MR) is 102 cm³/mol. The summed E-state index contributed by atoms with van der Waals surface area (Å²) < 4.78 is 0. The molecule has 1 aliphatic heterocycles. The monoisotopic (exact) mass is 359 g/mol. The highest BCUT2D eigenvalue weighted by Crippen LogP contribution is 2.13. The summed E-state index contributed by atoms with van der Waals surface area (Å²) in [5.74, 6) is 1.77. The van der Waals surface area contributed by atoms with Crippen molar-refractivity contribution in [1.82, 2.24) is 25.2 Å². The number of guanidine groups is 1. The molecular weight excluding hydrogens is 334 g/mol. The summed E-state index contributed by atoms with van der Waals surface area (Å²) >= 11 is 1.80. The molecule has 0 saturated carbocycles. The Morgan fingerprint density at radius 1 is 1.20 bits per heavy atom. The highest BCUT2D eigenvalue weighted by Gasteiger charge is 2.20.